The number of esters is 1. The first-order valence-electron chi connectivity index (χ1n) is 25.5. The number of rotatable bonds is 39. The molecule has 7 N–H and O–H groups in total. The molecule has 2 aliphatic heterocycles. The van der Waals surface area contributed by atoms with Gasteiger partial charge in [0.1, 0.15) is 54.9 Å². The van der Waals surface area contributed by atoms with Crippen LogP contribution < -0.4 is 0 Å². The summed E-state index contributed by atoms with van der Waals surface area (Å²) in [4.78, 5) is 13.0. The van der Waals surface area contributed by atoms with Crippen LogP contribution in [0.3, 0.4) is 0 Å². The molecular weight excluding hydrogens is 861 g/mol. The van der Waals surface area contributed by atoms with Crippen LogP contribution in [0.2, 0.25) is 0 Å². The molecule has 14 nitrogen and oxygen atoms in total. The monoisotopic (exact) mass is 951 g/mol. The van der Waals surface area contributed by atoms with Gasteiger partial charge in [-0.1, -0.05) is 157 Å². The minimum Gasteiger partial charge on any atom is -0.457 e. The topological polar surface area (TPSA) is 214 Å². The highest BCUT2D eigenvalue weighted by Gasteiger charge is 2.47. The molecule has 11 unspecified atom stereocenters. The molecule has 0 bridgehead atoms. The number of aliphatic hydroxyl groups is 7. The number of ether oxygens (including phenoxy) is 6. The third kappa shape index (κ3) is 28.0. The molecule has 386 valence electrons. The number of carbonyl (C=O) groups excluding carboxylic acids is 1. The Balaban J connectivity index is 1.79. The van der Waals surface area contributed by atoms with E-state index in [0.717, 1.165) is 70.6 Å². The number of carbonyl (C=O) groups is 1. The van der Waals surface area contributed by atoms with Crippen molar-refractivity contribution >= 4 is 5.97 Å². The minimum atomic E-state index is -1.72. The molecular formula is C53H90O14. The fourth-order valence-corrected chi connectivity index (χ4v) is 7.58. The van der Waals surface area contributed by atoms with E-state index in [4.69, 9.17) is 28.4 Å². The van der Waals surface area contributed by atoms with Gasteiger partial charge in [-0.2, -0.15) is 0 Å². The SMILES string of the molecule is CC/C=C\C/C=C\C/C=C\C/C=C\C/C=C\C/C=C\CCCCC(=O)OC(COCCCCCCCCCCCCCC)COC1OC(COC2OC(CO)C(O)C(O)C2O)C(O)C(O)C1O. The summed E-state index contributed by atoms with van der Waals surface area (Å²) in [6.07, 6.45) is 32.5. The quantitative estimate of drug-likeness (QED) is 0.0181. The van der Waals surface area contributed by atoms with Crippen LogP contribution >= 0.6 is 0 Å². The summed E-state index contributed by atoms with van der Waals surface area (Å²) >= 11 is 0. The molecule has 11 atom stereocenters. The minimum absolute atomic E-state index is 0.0416. The zero-order chi connectivity index (χ0) is 48.7. The molecule has 0 aromatic carbocycles. The molecule has 0 aromatic rings. The molecule has 0 saturated carbocycles. The number of hydrogen-bond donors (Lipinski definition) is 7. The molecule has 2 heterocycles. The highest BCUT2D eigenvalue weighted by molar-refractivity contribution is 5.69. The second-order valence-electron chi connectivity index (χ2n) is 17.6. The molecule has 0 aliphatic carbocycles. The Hall–Kier alpha value is -2.57. The lowest BCUT2D eigenvalue weighted by Gasteiger charge is -2.42. The fourth-order valence-electron chi connectivity index (χ4n) is 7.58. The van der Waals surface area contributed by atoms with E-state index in [9.17, 15) is 40.5 Å². The zero-order valence-electron chi connectivity index (χ0n) is 40.9. The van der Waals surface area contributed by atoms with Gasteiger partial charge in [-0.3, -0.25) is 4.79 Å². The second kappa shape index (κ2) is 40.2. The van der Waals surface area contributed by atoms with Gasteiger partial charge in [0.05, 0.1) is 26.4 Å². The Morgan fingerprint density at radius 1 is 0.507 bits per heavy atom. The first-order valence-corrected chi connectivity index (χ1v) is 25.5. The van der Waals surface area contributed by atoms with Crippen molar-refractivity contribution in [2.75, 3.05) is 33.0 Å². The smallest absolute Gasteiger partial charge is 0.306 e. The Labute approximate surface area is 402 Å². The van der Waals surface area contributed by atoms with Crippen molar-refractivity contribution < 1.29 is 69.0 Å². The first kappa shape index (κ1) is 60.6. The van der Waals surface area contributed by atoms with Gasteiger partial charge in [0.15, 0.2) is 12.6 Å². The maximum atomic E-state index is 13.0. The summed E-state index contributed by atoms with van der Waals surface area (Å²) in [7, 11) is 0. The summed E-state index contributed by atoms with van der Waals surface area (Å²) in [5.74, 6) is -0.420. The Morgan fingerprint density at radius 3 is 1.49 bits per heavy atom. The summed E-state index contributed by atoms with van der Waals surface area (Å²) < 4.78 is 34.2. The molecule has 2 aliphatic rings. The van der Waals surface area contributed by atoms with Gasteiger partial charge in [-0.15, -0.1) is 0 Å². The van der Waals surface area contributed by atoms with Gasteiger partial charge in [0, 0.05) is 13.0 Å². The first-order chi connectivity index (χ1) is 32.6. The van der Waals surface area contributed by atoms with Crippen LogP contribution in [0.15, 0.2) is 72.9 Å². The molecule has 2 saturated heterocycles. The maximum Gasteiger partial charge on any atom is 0.306 e. The molecule has 0 radical (unpaired) electrons. The van der Waals surface area contributed by atoms with E-state index < -0.39 is 86.7 Å². The maximum absolute atomic E-state index is 13.0. The Morgan fingerprint density at radius 2 is 0.970 bits per heavy atom. The highest BCUT2D eigenvalue weighted by Crippen LogP contribution is 2.26. The van der Waals surface area contributed by atoms with Gasteiger partial charge >= 0.3 is 5.97 Å². The Kier molecular flexibility index (Phi) is 36.3. The number of aliphatic hydroxyl groups excluding tert-OH is 7. The zero-order valence-corrected chi connectivity index (χ0v) is 40.9. The van der Waals surface area contributed by atoms with Crippen LogP contribution in [-0.4, -0.2) is 142 Å². The van der Waals surface area contributed by atoms with E-state index in [2.05, 4.69) is 86.8 Å². The van der Waals surface area contributed by atoms with Crippen molar-refractivity contribution in [3.63, 3.8) is 0 Å². The fraction of sp³-hybridized carbons (Fsp3) is 0.755. The van der Waals surface area contributed by atoms with E-state index >= 15 is 0 Å². The van der Waals surface area contributed by atoms with Crippen molar-refractivity contribution in [2.45, 2.75) is 223 Å². The van der Waals surface area contributed by atoms with Gasteiger partial charge in [-0.05, 0) is 64.2 Å². The molecule has 2 fully saturated rings. The molecule has 67 heavy (non-hydrogen) atoms. The van der Waals surface area contributed by atoms with Crippen molar-refractivity contribution in [3.05, 3.63) is 72.9 Å². The van der Waals surface area contributed by atoms with Crippen molar-refractivity contribution in [3.8, 4) is 0 Å². The summed E-state index contributed by atoms with van der Waals surface area (Å²) in [6, 6.07) is 0. The third-order valence-corrected chi connectivity index (χ3v) is 11.7. The average Bonchev–Trinajstić information content (AvgIpc) is 3.32. The van der Waals surface area contributed by atoms with Crippen LogP contribution in [0.4, 0.5) is 0 Å². The summed E-state index contributed by atoms with van der Waals surface area (Å²) in [5.41, 5.74) is 0. The number of allylic oxidation sites excluding steroid dienone is 12. The average molecular weight is 951 g/mol. The van der Waals surface area contributed by atoms with Gasteiger partial charge in [0.25, 0.3) is 0 Å². The standard InChI is InChI=1S/C53H90O14/c1-3-5-7-9-11-13-15-17-18-19-20-21-22-23-24-25-26-28-30-32-34-36-45(55)65-42(39-62-37-35-33-31-29-27-16-14-12-10-8-6-4-2)40-63-52-51(61)49(59)47(57)44(67-52)41-64-53-50(60)48(58)46(56)43(38-54)66-53/h5,7,11,13,17-18,20-21,23-24,26,28,42-44,46-54,56-61H,3-4,6,8-10,12,14-16,19,22,25,27,29-41H2,1-2H3/b7-5-,13-11-,18-17-,21-20-,24-23-,28-26-. The van der Waals surface area contributed by atoms with Crippen LogP contribution in [0.1, 0.15) is 155 Å². The lowest BCUT2D eigenvalue weighted by atomic mass is 9.98. The van der Waals surface area contributed by atoms with E-state index in [1.807, 2.05) is 0 Å². The predicted octanol–water partition coefficient (Wildman–Crippen LogP) is 7.51. The van der Waals surface area contributed by atoms with Gasteiger partial charge in [-0.25, -0.2) is 0 Å². The highest BCUT2D eigenvalue weighted by atomic mass is 16.7. The van der Waals surface area contributed by atoms with Crippen molar-refractivity contribution in [2.24, 2.45) is 0 Å². The predicted molar refractivity (Wildman–Crippen MR) is 261 cm³/mol. The van der Waals surface area contributed by atoms with Gasteiger partial charge < -0.3 is 64.2 Å². The normalized spacial score (nSPS) is 26.7. The third-order valence-electron chi connectivity index (χ3n) is 11.7. The Bertz CT molecular complexity index is 1380. The number of hydrogen-bond acceptors (Lipinski definition) is 14. The lowest BCUT2D eigenvalue weighted by molar-refractivity contribution is -0.332. The lowest BCUT2D eigenvalue weighted by Crippen LogP contribution is -2.61. The van der Waals surface area contributed by atoms with Crippen molar-refractivity contribution in [1.82, 2.24) is 0 Å². The van der Waals surface area contributed by atoms with E-state index in [-0.39, 0.29) is 19.6 Å². The van der Waals surface area contributed by atoms with Crippen LogP contribution in [0.5, 0.6) is 0 Å². The molecule has 0 amide bonds. The van der Waals surface area contributed by atoms with Gasteiger partial charge in [0.2, 0.25) is 0 Å². The van der Waals surface area contributed by atoms with Crippen molar-refractivity contribution in [1.29, 1.82) is 0 Å². The van der Waals surface area contributed by atoms with E-state index in [1.54, 1.807) is 0 Å². The largest absolute Gasteiger partial charge is 0.457 e. The second-order valence-corrected chi connectivity index (χ2v) is 17.6. The molecule has 0 spiro atoms. The van der Waals surface area contributed by atoms with Crippen LogP contribution in [0.25, 0.3) is 0 Å². The number of unbranched alkanes of at least 4 members (excludes halogenated alkanes) is 13. The van der Waals surface area contributed by atoms with Crippen LogP contribution in [0, 0.1) is 0 Å². The molecule has 14 heteroatoms. The van der Waals surface area contributed by atoms with Crippen LogP contribution in [-0.2, 0) is 33.2 Å². The molecule has 2 rings (SSSR count). The van der Waals surface area contributed by atoms with E-state index in [0.29, 0.717) is 13.0 Å². The summed E-state index contributed by atoms with van der Waals surface area (Å²) in [5, 5.41) is 72.1. The summed E-state index contributed by atoms with van der Waals surface area (Å²) in [6.45, 7) is 3.50. The van der Waals surface area contributed by atoms with E-state index in [1.165, 1.54) is 57.8 Å². The molecule has 0 aromatic heterocycles.